The molecule has 0 spiro atoms. The van der Waals surface area contributed by atoms with Crippen LogP contribution in [0.1, 0.15) is 18.1 Å². The molecule has 1 N–H and O–H groups in total. The minimum absolute atomic E-state index is 0.0128. The first-order chi connectivity index (χ1) is 7.15. The van der Waals surface area contributed by atoms with Gasteiger partial charge in [-0.25, -0.2) is 0 Å². The van der Waals surface area contributed by atoms with Crippen LogP contribution >= 0.6 is 11.6 Å². The largest absolute Gasteiger partial charge is 0.388 e. The van der Waals surface area contributed by atoms with Gasteiger partial charge in [0.15, 0.2) is 0 Å². The highest BCUT2D eigenvalue weighted by Crippen LogP contribution is 2.20. The third kappa shape index (κ3) is 3.34. The molecule has 0 aliphatic carbocycles. The maximum Gasteiger partial charge on any atom is 0.269 e. The van der Waals surface area contributed by atoms with Crippen LogP contribution in [0.4, 0.5) is 5.69 Å². The number of benzene rings is 1. The number of nitro benzene ring substituents is 1. The van der Waals surface area contributed by atoms with Crippen molar-refractivity contribution in [1.29, 1.82) is 0 Å². The maximum atomic E-state index is 10.4. The number of non-ortho nitro benzene ring substituents is 1. The number of nitrogens with zero attached hydrogens (tertiary/aromatic N) is 1. The molecule has 0 saturated heterocycles. The number of hydrogen-bond donors (Lipinski definition) is 1. The zero-order valence-corrected chi connectivity index (χ0v) is 8.59. The molecule has 1 aromatic carbocycles. The van der Waals surface area contributed by atoms with Gasteiger partial charge in [0, 0.05) is 17.7 Å². The van der Waals surface area contributed by atoms with Gasteiger partial charge in [0.1, 0.15) is 0 Å². The molecule has 4 nitrogen and oxygen atoms in total. The Morgan fingerprint density at radius 1 is 1.47 bits per heavy atom. The second-order valence-electron chi connectivity index (χ2n) is 2.96. The van der Waals surface area contributed by atoms with E-state index in [2.05, 4.69) is 0 Å². The predicted octanol–water partition coefficient (Wildman–Crippen LogP) is 2.77. The number of hydrogen-bond acceptors (Lipinski definition) is 3. The second kappa shape index (κ2) is 5.48. The van der Waals surface area contributed by atoms with E-state index in [1.807, 2.05) is 0 Å². The van der Waals surface area contributed by atoms with Crippen LogP contribution in [0.5, 0.6) is 0 Å². The van der Waals surface area contributed by atoms with Gasteiger partial charge in [0.25, 0.3) is 5.69 Å². The Bertz CT molecular complexity index is 361. The molecular weight excluding hydrogens is 218 g/mol. The van der Waals surface area contributed by atoms with Crippen molar-refractivity contribution in [2.45, 2.75) is 12.5 Å². The van der Waals surface area contributed by atoms with Gasteiger partial charge < -0.3 is 5.11 Å². The monoisotopic (exact) mass is 227 g/mol. The Morgan fingerprint density at radius 3 is 2.53 bits per heavy atom. The molecule has 15 heavy (non-hydrogen) atoms. The number of halogens is 1. The first kappa shape index (κ1) is 11.7. The average Bonchev–Trinajstić information content (AvgIpc) is 2.26. The summed E-state index contributed by atoms with van der Waals surface area (Å²) in [5, 5.41) is 20.0. The highest BCUT2D eigenvalue weighted by Gasteiger charge is 2.08. The average molecular weight is 228 g/mol. The summed E-state index contributed by atoms with van der Waals surface area (Å²) in [4.78, 5) is 9.89. The molecular formula is C10H10ClNO3. The van der Waals surface area contributed by atoms with E-state index in [-0.39, 0.29) is 5.69 Å². The SMILES string of the molecule is O=[N+]([O-])c1ccc([C@H](O)C/C=C\Cl)cc1. The Morgan fingerprint density at radius 2 is 2.07 bits per heavy atom. The van der Waals surface area contributed by atoms with Crippen molar-refractivity contribution in [3.63, 3.8) is 0 Å². The summed E-state index contributed by atoms with van der Waals surface area (Å²) in [6, 6.07) is 5.79. The lowest BCUT2D eigenvalue weighted by Gasteiger charge is -2.07. The molecule has 0 aromatic heterocycles. The summed E-state index contributed by atoms with van der Waals surface area (Å²) in [5.41, 5.74) is 1.98. The molecule has 80 valence electrons. The number of aliphatic hydroxyl groups is 1. The molecule has 0 heterocycles. The van der Waals surface area contributed by atoms with E-state index in [9.17, 15) is 15.2 Å². The minimum atomic E-state index is -0.680. The van der Waals surface area contributed by atoms with E-state index in [1.165, 1.54) is 29.8 Å². The first-order valence-electron chi connectivity index (χ1n) is 4.33. The van der Waals surface area contributed by atoms with E-state index in [0.29, 0.717) is 12.0 Å². The zero-order chi connectivity index (χ0) is 11.3. The highest BCUT2D eigenvalue weighted by atomic mass is 35.5. The number of rotatable bonds is 4. The number of aliphatic hydroxyl groups excluding tert-OH is 1. The lowest BCUT2D eigenvalue weighted by atomic mass is 10.1. The van der Waals surface area contributed by atoms with Gasteiger partial charge in [-0.15, -0.1) is 0 Å². The standard InChI is InChI=1S/C10H10ClNO3/c11-7-1-2-10(13)8-3-5-9(6-4-8)12(14)15/h1,3-7,10,13H,2H2/b7-1-/t10-/m1/s1. The normalized spacial score (nSPS) is 12.9. The van der Waals surface area contributed by atoms with E-state index in [4.69, 9.17) is 11.6 Å². The van der Waals surface area contributed by atoms with Crippen LogP contribution in [0.2, 0.25) is 0 Å². The van der Waals surface area contributed by atoms with Crippen LogP contribution in [-0.2, 0) is 0 Å². The molecule has 0 amide bonds. The van der Waals surface area contributed by atoms with E-state index in [1.54, 1.807) is 6.08 Å². The van der Waals surface area contributed by atoms with Crippen molar-refractivity contribution < 1.29 is 10.0 Å². The van der Waals surface area contributed by atoms with Gasteiger partial charge in [0.05, 0.1) is 11.0 Å². The summed E-state index contributed by atoms with van der Waals surface area (Å²) < 4.78 is 0. The van der Waals surface area contributed by atoms with E-state index >= 15 is 0 Å². The Labute approximate surface area is 92.0 Å². The van der Waals surface area contributed by atoms with Gasteiger partial charge in [-0.1, -0.05) is 17.7 Å². The van der Waals surface area contributed by atoms with Crippen molar-refractivity contribution in [2.24, 2.45) is 0 Å². The van der Waals surface area contributed by atoms with Crippen molar-refractivity contribution >= 4 is 17.3 Å². The predicted molar refractivity (Wildman–Crippen MR) is 57.7 cm³/mol. The molecule has 5 heteroatoms. The summed E-state index contributed by atoms with van der Waals surface area (Å²) in [5.74, 6) is 0. The minimum Gasteiger partial charge on any atom is -0.388 e. The summed E-state index contributed by atoms with van der Waals surface area (Å²) in [6.45, 7) is 0. The molecule has 1 aromatic rings. The maximum absolute atomic E-state index is 10.4. The van der Waals surface area contributed by atoms with Crippen LogP contribution in [0.3, 0.4) is 0 Å². The number of nitro groups is 1. The molecule has 0 fully saturated rings. The summed E-state index contributed by atoms with van der Waals surface area (Å²) in [6.07, 6.45) is 1.33. The second-order valence-corrected chi connectivity index (χ2v) is 3.21. The smallest absolute Gasteiger partial charge is 0.269 e. The molecule has 0 unspecified atom stereocenters. The molecule has 1 atom stereocenters. The van der Waals surface area contributed by atoms with Gasteiger partial charge >= 0.3 is 0 Å². The fraction of sp³-hybridized carbons (Fsp3) is 0.200. The zero-order valence-electron chi connectivity index (χ0n) is 7.84. The van der Waals surface area contributed by atoms with Crippen molar-refractivity contribution in [1.82, 2.24) is 0 Å². The molecule has 0 aliphatic heterocycles. The molecule has 0 radical (unpaired) electrons. The lowest BCUT2D eigenvalue weighted by Crippen LogP contribution is -1.96. The van der Waals surface area contributed by atoms with E-state index in [0.717, 1.165) is 0 Å². The highest BCUT2D eigenvalue weighted by molar-refractivity contribution is 6.25. The topological polar surface area (TPSA) is 63.4 Å². The van der Waals surface area contributed by atoms with Crippen LogP contribution in [0.25, 0.3) is 0 Å². The van der Waals surface area contributed by atoms with Crippen LogP contribution in [0.15, 0.2) is 35.9 Å². The Kier molecular flexibility index (Phi) is 4.27. The first-order valence-corrected chi connectivity index (χ1v) is 4.76. The van der Waals surface area contributed by atoms with Crippen molar-refractivity contribution in [3.8, 4) is 0 Å². The van der Waals surface area contributed by atoms with Crippen LogP contribution in [0, 0.1) is 10.1 Å². The van der Waals surface area contributed by atoms with E-state index < -0.39 is 11.0 Å². The molecule has 0 aliphatic rings. The third-order valence-corrected chi connectivity index (χ3v) is 2.12. The molecule has 1 rings (SSSR count). The van der Waals surface area contributed by atoms with Crippen LogP contribution in [-0.4, -0.2) is 10.0 Å². The van der Waals surface area contributed by atoms with Crippen molar-refractivity contribution in [2.75, 3.05) is 0 Å². The van der Waals surface area contributed by atoms with Gasteiger partial charge in [0.2, 0.25) is 0 Å². The molecule has 0 saturated carbocycles. The van der Waals surface area contributed by atoms with Gasteiger partial charge in [-0.05, 0) is 24.1 Å². The Hall–Kier alpha value is -1.39. The third-order valence-electron chi connectivity index (χ3n) is 1.94. The van der Waals surface area contributed by atoms with Crippen molar-refractivity contribution in [3.05, 3.63) is 51.6 Å². The summed E-state index contributed by atoms with van der Waals surface area (Å²) >= 11 is 5.32. The van der Waals surface area contributed by atoms with Gasteiger partial charge in [-0.3, -0.25) is 10.1 Å². The molecule has 0 bridgehead atoms. The Balaban J connectivity index is 2.75. The van der Waals surface area contributed by atoms with Crippen LogP contribution < -0.4 is 0 Å². The fourth-order valence-electron chi connectivity index (χ4n) is 1.13. The lowest BCUT2D eigenvalue weighted by molar-refractivity contribution is -0.384. The fourth-order valence-corrected chi connectivity index (χ4v) is 1.24. The quantitative estimate of drug-likeness (QED) is 0.635. The van der Waals surface area contributed by atoms with Gasteiger partial charge in [-0.2, -0.15) is 0 Å². The summed E-state index contributed by atoms with van der Waals surface area (Å²) in [7, 11) is 0.